The highest BCUT2D eigenvalue weighted by Gasteiger charge is 2.15. The van der Waals surface area contributed by atoms with Crippen LogP contribution in [0.3, 0.4) is 0 Å². The van der Waals surface area contributed by atoms with Crippen molar-refractivity contribution < 1.29 is 0 Å². The smallest absolute Gasteiger partial charge is 0.0977 e. The first-order valence-corrected chi connectivity index (χ1v) is 6.27. The van der Waals surface area contributed by atoms with Gasteiger partial charge in [-0.05, 0) is 30.4 Å². The zero-order chi connectivity index (χ0) is 10.1. The van der Waals surface area contributed by atoms with E-state index in [2.05, 4.69) is 4.99 Å². The summed E-state index contributed by atoms with van der Waals surface area (Å²) in [5, 5.41) is 2.30. The van der Waals surface area contributed by atoms with Gasteiger partial charge in [-0.25, -0.2) is 0 Å². The molecule has 1 aromatic carbocycles. The van der Waals surface area contributed by atoms with Crippen LogP contribution in [0.2, 0.25) is 10.0 Å². The lowest BCUT2D eigenvalue weighted by Gasteiger charge is -2.16. The molecule has 0 aliphatic carbocycles. The van der Waals surface area contributed by atoms with Crippen molar-refractivity contribution in [2.75, 3.05) is 12.8 Å². The number of fused-ring (bicyclic) bond motifs is 1. The molecule has 0 bridgehead atoms. The second-order valence-electron chi connectivity index (χ2n) is 3.06. The quantitative estimate of drug-likeness (QED) is 0.680. The molecule has 0 saturated heterocycles. The van der Waals surface area contributed by atoms with Gasteiger partial charge in [0, 0.05) is 12.1 Å². The van der Waals surface area contributed by atoms with Crippen molar-refractivity contribution in [2.45, 2.75) is 6.42 Å². The van der Waals surface area contributed by atoms with Gasteiger partial charge in [0.1, 0.15) is 0 Å². The molecule has 4 heteroatoms. The van der Waals surface area contributed by atoms with Crippen molar-refractivity contribution in [3.63, 3.8) is 0 Å². The summed E-state index contributed by atoms with van der Waals surface area (Å²) < 4.78 is 0. The third-order valence-electron chi connectivity index (χ3n) is 2.21. The molecule has 0 atom stereocenters. The van der Waals surface area contributed by atoms with Crippen LogP contribution >= 0.6 is 35.0 Å². The Balaban J connectivity index is 2.56. The van der Waals surface area contributed by atoms with Crippen molar-refractivity contribution in [2.24, 2.45) is 4.99 Å². The molecule has 0 unspecified atom stereocenters. The van der Waals surface area contributed by atoms with Gasteiger partial charge in [0.15, 0.2) is 0 Å². The van der Waals surface area contributed by atoms with Crippen LogP contribution < -0.4 is 0 Å². The van der Waals surface area contributed by atoms with Crippen LogP contribution in [-0.4, -0.2) is 17.8 Å². The standard InChI is InChI=1S/C10H9Cl2NS/c1-14-10-7-5-9(12)8(11)4-6(7)2-3-13-10/h4-5H,2-3H2,1H3. The van der Waals surface area contributed by atoms with E-state index in [0.717, 1.165) is 23.6 Å². The summed E-state index contributed by atoms with van der Waals surface area (Å²) in [4.78, 5) is 4.44. The fourth-order valence-electron chi connectivity index (χ4n) is 1.53. The molecule has 2 rings (SSSR count). The van der Waals surface area contributed by atoms with Crippen LogP contribution in [-0.2, 0) is 6.42 Å². The zero-order valence-electron chi connectivity index (χ0n) is 7.68. The lowest BCUT2D eigenvalue weighted by Crippen LogP contribution is -2.09. The van der Waals surface area contributed by atoms with Gasteiger partial charge in [-0.1, -0.05) is 23.2 Å². The maximum atomic E-state index is 5.97. The zero-order valence-corrected chi connectivity index (χ0v) is 10.0. The Morgan fingerprint density at radius 2 is 2.00 bits per heavy atom. The molecule has 0 radical (unpaired) electrons. The molecule has 1 aliphatic rings. The van der Waals surface area contributed by atoms with E-state index in [4.69, 9.17) is 23.2 Å². The van der Waals surface area contributed by atoms with E-state index in [1.54, 1.807) is 11.8 Å². The van der Waals surface area contributed by atoms with Gasteiger partial charge in [0.25, 0.3) is 0 Å². The largest absolute Gasteiger partial charge is 0.277 e. The van der Waals surface area contributed by atoms with Gasteiger partial charge < -0.3 is 0 Å². The molecular formula is C10H9Cl2NS. The van der Waals surface area contributed by atoms with E-state index in [0.29, 0.717) is 10.0 Å². The average molecular weight is 246 g/mol. The SMILES string of the molecule is CSC1=NCCc2cc(Cl)c(Cl)cc21. The second kappa shape index (κ2) is 4.13. The number of hydrogen-bond donors (Lipinski definition) is 0. The van der Waals surface area contributed by atoms with E-state index in [1.807, 2.05) is 18.4 Å². The van der Waals surface area contributed by atoms with Crippen molar-refractivity contribution in [1.29, 1.82) is 0 Å². The van der Waals surface area contributed by atoms with Gasteiger partial charge in [-0.3, -0.25) is 4.99 Å². The van der Waals surface area contributed by atoms with E-state index in [9.17, 15) is 0 Å². The van der Waals surface area contributed by atoms with E-state index >= 15 is 0 Å². The molecule has 1 aliphatic heterocycles. The summed E-state index contributed by atoms with van der Waals surface area (Å²) in [6, 6.07) is 3.86. The minimum atomic E-state index is 0.606. The fourth-order valence-corrected chi connectivity index (χ4v) is 2.51. The molecule has 74 valence electrons. The Morgan fingerprint density at radius 3 is 2.71 bits per heavy atom. The Bertz CT molecular complexity index is 401. The second-order valence-corrected chi connectivity index (χ2v) is 4.67. The molecular weight excluding hydrogens is 237 g/mol. The Hall–Kier alpha value is -0.180. The maximum absolute atomic E-state index is 5.97. The predicted molar refractivity (Wildman–Crippen MR) is 65.1 cm³/mol. The van der Waals surface area contributed by atoms with Crippen LogP contribution in [0, 0.1) is 0 Å². The first kappa shape index (κ1) is 10.3. The lowest BCUT2D eigenvalue weighted by atomic mass is 10.0. The highest BCUT2D eigenvalue weighted by molar-refractivity contribution is 8.13. The van der Waals surface area contributed by atoms with E-state index < -0.39 is 0 Å². The Kier molecular flexibility index (Phi) is 3.05. The third kappa shape index (κ3) is 1.79. The van der Waals surface area contributed by atoms with Crippen LogP contribution in [0.25, 0.3) is 0 Å². The molecule has 1 heterocycles. The van der Waals surface area contributed by atoms with Gasteiger partial charge >= 0.3 is 0 Å². The third-order valence-corrected chi connectivity index (χ3v) is 3.66. The molecule has 1 nitrogen and oxygen atoms in total. The summed E-state index contributed by atoms with van der Waals surface area (Å²) in [5.41, 5.74) is 2.39. The Morgan fingerprint density at radius 1 is 1.29 bits per heavy atom. The number of halogens is 2. The number of aliphatic imine (C=N–C) groups is 1. The summed E-state index contributed by atoms with van der Waals surface area (Å²) in [6.45, 7) is 0.848. The van der Waals surface area contributed by atoms with Crippen molar-refractivity contribution in [1.82, 2.24) is 0 Å². The number of nitrogens with zero attached hydrogens (tertiary/aromatic N) is 1. The molecule has 0 N–H and O–H groups in total. The highest BCUT2D eigenvalue weighted by atomic mass is 35.5. The van der Waals surface area contributed by atoms with Gasteiger partial charge in [0.05, 0.1) is 15.1 Å². The van der Waals surface area contributed by atoms with Crippen LogP contribution in [0.1, 0.15) is 11.1 Å². The first-order valence-electron chi connectivity index (χ1n) is 4.29. The lowest BCUT2D eigenvalue weighted by molar-refractivity contribution is 0.950. The molecule has 0 aromatic heterocycles. The molecule has 0 spiro atoms. The normalized spacial score (nSPS) is 14.9. The Labute approximate surface area is 97.5 Å². The summed E-state index contributed by atoms with van der Waals surface area (Å²) in [5.74, 6) is 0. The van der Waals surface area contributed by atoms with Crippen molar-refractivity contribution in [3.8, 4) is 0 Å². The predicted octanol–water partition coefficient (Wildman–Crippen LogP) is 3.66. The van der Waals surface area contributed by atoms with E-state index in [1.165, 1.54) is 5.56 Å². The minimum Gasteiger partial charge on any atom is -0.277 e. The molecule has 0 saturated carbocycles. The molecule has 14 heavy (non-hydrogen) atoms. The summed E-state index contributed by atoms with van der Waals surface area (Å²) >= 11 is 13.6. The minimum absolute atomic E-state index is 0.606. The van der Waals surface area contributed by atoms with Crippen molar-refractivity contribution in [3.05, 3.63) is 33.3 Å². The topological polar surface area (TPSA) is 12.4 Å². The first-order chi connectivity index (χ1) is 6.72. The van der Waals surface area contributed by atoms with E-state index in [-0.39, 0.29) is 0 Å². The van der Waals surface area contributed by atoms with Gasteiger partial charge in [-0.15, -0.1) is 11.8 Å². The average Bonchev–Trinajstić information content (AvgIpc) is 2.19. The van der Waals surface area contributed by atoms with Gasteiger partial charge in [-0.2, -0.15) is 0 Å². The van der Waals surface area contributed by atoms with Crippen LogP contribution in [0.4, 0.5) is 0 Å². The van der Waals surface area contributed by atoms with Crippen LogP contribution in [0.15, 0.2) is 17.1 Å². The molecule has 0 fully saturated rings. The molecule has 1 aromatic rings. The fraction of sp³-hybridized carbons (Fsp3) is 0.300. The number of benzene rings is 1. The van der Waals surface area contributed by atoms with Crippen molar-refractivity contribution >= 4 is 40.0 Å². The summed E-state index contributed by atoms with van der Waals surface area (Å²) in [6.07, 6.45) is 2.98. The molecule has 0 amide bonds. The number of rotatable bonds is 0. The van der Waals surface area contributed by atoms with Gasteiger partial charge in [0.2, 0.25) is 0 Å². The highest BCUT2D eigenvalue weighted by Crippen LogP contribution is 2.30. The number of hydrogen-bond acceptors (Lipinski definition) is 2. The maximum Gasteiger partial charge on any atom is 0.0977 e. The number of thioether (sulfide) groups is 1. The monoisotopic (exact) mass is 245 g/mol. The van der Waals surface area contributed by atoms with Crippen LogP contribution in [0.5, 0.6) is 0 Å². The summed E-state index contributed by atoms with van der Waals surface area (Å²) in [7, 11) is 0.